The van der Waals surface area contributed by atoms with Crippen LogP contribution in [0.2, 0.25) is 0 Å². The summed E-state index contributed by atoms with van der Waals surface area (Å²) in [5.41, 5.74) is -2.28. The highest BCUT2D eigenvalue weighted by molar-refractivity contribution is 7.90. The number of rotatable bonds is 3. The summed E-state index contributed by atoms with van der Waals surface area (Å²) in [5.74, 6) is -1.19. The van der Waals surface area contributed by atoms with Crippen molar-refractivity contribution < 1.29 is 31.1 Å². The zero-order chi connectivity index (χ0) is 16.7. The number of nitrogens with zero attached hydrogens (tertiary/aromatic N) is 2. The molecule has 22 heavy (non-hydrogen) atoms. The van der Waals surface area contributed by atoms with Crippen LogP contribution in [0.25, 0.3) is 5.65 Å². The molecule has 0 unspecified atom stereocenters. The van der Waals surface area contributed by atoms with Gasteiger partial charge >= 0.3 is 12.1 Å². The van der Waals surface area contributed by atoms with Gasteiger partial charge in [-0.15, -0.1) is 0 Å². The minimum atomic E-state index is -4.80. The number of esters is 1. The second-order valence-corrected chi connectivity index (χ2v) is 6.29. The normalized spacial score (nSPS) is 12.6. The summed E-state index contributed by atoms with van der Waals surface area (Å²) in [7, 11) is -4.02. The summed E-state index contributed by atoms with van der Waals surface area (Å²) in [6, 6.07) is 2.97. The number of fused-ring (bicyclic) bond motifs is 1. The van der Waals surface area contributed by atoms with E-state index in [-0.39, 0.29) is 12.3 Å². The molecule has 0 fully saturated rings. The Kier molecular flexibility index (Phi) is 3.90. The van der Waals surface area contributed by atoms with Crippen LogP contribution in [0, 0.1) is 0 Å². The summed E-state index contributed by atoms with van der Waals surface area (Å²) in [6.45, 7) is 1.33. The van der Waals surface area contributed by atoms with Gasteiger partial charge in [-0.3, -0.25) is 4.40 Å². The quantitative estimate of drug-likeness (QED) is 0.801. The van der Waals surface area contributed by atoms with Crippen LogP contribution in [0.5, 0.6) is 0 Å². The topological polar surface area (TPSA) is 77.7 Å². The molecular weight excluding hydrogens is 325 g/mol. The van der Waals surface area contributed by atoms with E-state index in [4.69, 9.17) is 0 Å². The van der Waals surface area contributed by atoms with E-state index in [1.165, 1.54) is 13.0 Å². The average molecular weight is 336 g/mol. The first-order chi connectivity index (χ1) is 10.1. The predicted molar refractivity (Wildman–Crippen MR) is 69.3 cm³/mol. The third-order valence-electron chi connectivity index (χ3n) is 2.72. The van der Waals surface area contributed by atoms with Gasteiger partial charge in [0.15, 0.2) is 20.6 Å². The molecule has 0 amide bonds. The number of pyridine rings is 1. The van der Waals surface area contributed by atoms with Crippen LogP contribution >= 0.6 is 0 Å². The Hall–Kier alpha value is -2.10. The number of hydrogen-bond donors (Lipinski definition) is 0. The molecule has 2 heterocycles. The minimum absolute atomic E-state index is 0.122. The van der Waals surface area contributed by atoms with Gasteiger partial charge in [0.05, 0.1) is 6.61 Å². The summed E-state index contributed by atoms with van der Waals surface area (Å²) < 4.78 is 67.9. The fourth-order valence-corrected chi connectivity index (χ4v) is 2.72. The lowest BCUT2D eigenvalue weighted by Gasteiger charge is -2.11. The first kappa shape index (κ1) is 16.3. The lowest BCUT2D eigenvalue weighted by molar-refractivity contribution is -0.142. The standard InChI is InChI=1S/C12H11F3N2O4S/c1-3-21-11(18)9-10(22(2,19)20)16-8-6-4-5-7(17(8)9)12(13,14)15/h4-6H,3H2,1-2H3. The molecule has 0 aliphatic heterocycles. The number of carbonyl (C=O) groups is 1. The first-order valence-electron chi connectivity index (χ1n) is 6.03. The lowest BCUT2D eigenvalue weighted by atomic mass is 10.3. The number of imidazole rings is 1. The third kappa shape index (κ3) is 2.78. The molecule has 2 aromatic heterocycles. The van der Waals surface area contributed by atoms with Gasteiger partial charge in [0.2, 0.25) is 0 Å². The molecule has 0 atom stereocenters. The van der Waals surface area contributed by atoms with Gasteiger partial charge in [-0.2, -0.15) is 13.2 Å². The molecule has 6 nitrogen and oxygen atoms in total. The number of sulfone groups is 1. The Morgan fingerprint density at radius 3 is 2.50 bits per heavy atom. The Morgan fingerprint density at radius 2 is 2.00 bits per heavy atom. The molecule has 120 valence electrons. The number of hydrogen-bond acceptors (Lipinski definition) is 5. The molecule has 2 rings (SSSR count). The van der Waals surface area contributed by atoms with Crippen molar-refractivity contribution in [3.05, 3.63) is 29.6 Å². The van der Waals surface area contributed by atoms with Crippen LogP contribution in [0.1, 0.15) is 23.1 Å². The van der Waals surface area contributed by atoms with Gasteiger partial charge < -0.3 is 4.74 Å². The van der Waals surface area contributed by atoms with Gasteiger partial charge in [-0.05, 0) is 19.1 Å². The minimum Gasteiger partial charge on any atom is -0.461 e. The van der Waals surface area contributed by atoms with Crippen molar-refractivity contribution in [3.63, 3.8) is 0 Å². The smallest absolute Gasteiger partial charge is 0.431 e. The summed E-state index contributed by atoms with van der Waals surface area (Å²) >= 11 is 0. The van der Waals surface area contributed by atoms with E-state index in [1.807, 2.05) is 0 Å². The Morgan fingerprint density at radius 1 is 1.36 bits per heavy atom. The molecule has 10 heteroatoms. The molecule has 2 aromatic rings. The van der Waals surface area contributed by atoms with Crippen LogP contribution in [0.15, 0.2) is 23.2 Å². The van der Waals surface area contributed by atoms with Crippen LogP contribution in [0.3, 0.4) is 0 Å². The van der Waals surface area contributed by atoms with E-state index in [0.717, 1.165) is 18.4 Å². The second-order valence-electron chi connectivity index (χ2n) is 4.36. The van der Waals surface area contributed by atoms with Crippen LogP contribution in [0.4, 0.5) is 13.2 Å². The van der Waals surface area contributed by atoms with E-state index >= 15 is 0 Å². The average Bonchev–Trinajstić information content (AvgIpc) is 2.76. The van der Waals surface area contributed by atoms with Crippen molar-refractivity contribution in [1.82, 2.24) is 9.38 Å². The van der Waals surface area contributed by atoms with Gasteiger partial charge in [-0.1, -0.05) is 6.07 Å². The maximum atomic E-state index is 13.1. The largest absolute Gasteiger partial charge is 0.461 e. The zero-order valence-corrected chi connectivity index (χ0v) is 12.3. The van der Waals surface area contributed by atoms with Crippen LogP contribution in [-0.2, 0) is 20.8 Å². The number of alkyl halides is 3. The predicted octanol–water partition coefficient (Wildman–Crippen LogP) is 1.93. The zero-order valence-electron chi connectivity index (χ0n) is 11.5. The SMILES string of the molecule is CCOC(=O)c1c(S(C)(=O)=O)nc2cccc(C(F)(F)F)n12. The van der Waals surface area contributed by atoms with Gasteiger partial charge in [0.25, 0.3) is 0 Å². The summed E-state index contributed by atoms with van der Waals surface area (Å²) in [5, 5.41) is -0.748. The molecule has 0 spiro atoms. The number of carbonyl (C=O) groups excluding carboxylic acids is 1. The highest BCUT2D eigenvalue weighted by Gasteiger charge is 2.37. The first-order valence-corrected chi connectivity index (χ1v) is 7.92. The van der Waals surface area contributed by atoms with Crippen molar-refractivity contribution in [2.75, 3.05) is 12.9 Å². The van der Waals surface area contributed by atoms with E-state index in [2.05, 4.69) is 9.72 Å². The molecule has 0 bridgehead atoms. The maximum Gasteiger partial charge on any atom is 0.431 e. The van der Waals surface area contributed by atoms with Crippen molar-refractivity contribution in [2.24, 2.45) is 0 Å². The van der Waals surface area contributed by atoms with E-state index in [0.29, 0.717) is 4.40 Å². The Labute approximate surface area is 123 Å². The molecule has 0 aliphatic rings. The van der Waals surface area contributed by atoms with Gasteiger partial charge in [-0.25, -0.2) is 18.2 Å². The lowest BCUT2D eigenvalue weighted by Crippen LogP contribution is -2.18. The third-order valence-corrected chi connectivity index (χ3v) is 3.71. The highest BCUT2D eigenvalue weighted by atomic mass is 32.2. The fourth-order valence-electron chi connectivity index (χ4n) is 1.93. The number of aromatic nitrogens is 2. The Bertz CT molecular complexity index is 840. The van der Waals surface area contributed by atoms with Crippen molar-refractivity contribution in [2.45, 2.75) is 18.1 Å². The number of halogens is 3. The molecule has 0 radical (unpaired) electrons. The summed E-state index contributed by atoms with van der Waals surface area (Å²) in [6.07, 6.45) is -4.04. The molecular formula is C12H11F3N2O4S. The highest BCUT2D eigenvalue weighted by Crippen LogP contribution is 2.32. The van der Waals surface area contributed by atoms with E-state index in [1.54, 1.807) is 0 Å². The van der Waals surface area contributed by atoms with Crippen molar-refractivity contribution >= 4 is 21.5 Å². The molecule has 0 saturated heterocycles. The molecule has 0 aliphatic carbocycles. The van der Waals surface area contributed by atoms with Crippen LogP contribution in [-0.4, -0.2) is 36.6 Å². The molecule has 0 saturated carbocycles. The molecule has 0 aromatic carbocycles. The Balaban J connectivity index is 2.95. The fraction of sp³-hybridized carbons (Fsp3) is 0.333. The van der Waals surface area contributed by atoms with Gasteiger partial charge in [0.1, 0.15) is 11.3 Å². The number of ether oxygens (including phenoxy) is 1. The second kappa shape index (κ2) is 5.27. The molecule has 0 N–H and O–H groups in total. The monoisotopic (exact) mass is 336 g/mol. The van der Waals surface area contributed by atoms with Crippen molar-refractivity contribution in [1.29, 1.82) is 0 Å². The van der Waals surface area contributed by atoms with Crippen LogP contribution < -0.4 is 0 Å². The van der Waals surface area contributed by atoms with Crippen molar-refractivity contribution in [3.8, 4) is 0 Å². The van der Waals surface area contributed by atoms with E-state index in [9.17, 15) is 26.4 Å². The maximum absolute atomic E-state index is 13.1. The summed E-state index contributed by atoms with van der Waals surface area (Å²) in [4.78, 5) is 15.6. The van der Waals surface area contributed by atoms with E-state index < -0.39 is 38.4 Å². The van der Waals surface area contributed by atoms with Gasteiger partial charge in [0, 0.05) is 6.26 Å².